The third-order valence-electron chi connectivity index (χ3n) is 1.86. The number of ether oxygens (including phenoxy) is 1. The van der Waals surface area contributed by atoms with Crippen LogP contribution in [0.3, 0.4) is 0 Å². The number of nitrogen functional groups attached to an aromatic ring is 1. The van der Waals surface area contributed by atoms with E-state index in [1.165, 1.54) is 4.90 Å². The molecule has 0 fully saturated rings. The van der Waals surface area contributed by atoms with Gasteiger partial charge in [-0.05, 0) is 31.9 Å². The minimum Gasteiger partial charge on any atom is -0.491 e. The molecule has 16 heavy (non-hydrogen) atoms. The van der Waals surface area contributed by atoms with E-state index in [1.807, 2.05) is 37.7 Å². The summed E-state index contributed by atoms with van der Waals surface area (Å²) in [5, 5.41) is 0. The van der Waals surface area contributed by atoms with Crippen molar-refractivity contribution in [3.8, 4) is 5.75 Å². The molecule has 0 spiro atoms. The topological polar surface area (TPSA) is 35.2 Å². The summed E-state index contributed by atoms with van der Waals surface area (Å²) in [4.78, 5) is 1.18. The molecular weight excluding hydrogens is 218 g/mol. The first-order valence-corrected chi connectivity index (χ1v) is 6.66. The van der Waals surface area contributed by atoms with E-state index >= 15 is 0 Å². The normalized spacial score (nSPS) is 11.1. The maximum absolute atomic E-state index is 5.85. The summed E-state index contributed by atoms with van der Waals surface area (Å²) in [6.07, 6.45) is 0.185. The molecule has 0 aromatic heterocycles. The van der Waals surface area contributed by atoms with Crippen molar-refractivity contribution in [2.24, 2.45) is 5.92 Å². The molecule has 0 aliphatic heterocycles. The van der Waals surface area contributed by atoms with Gasteiger partial charge in [0, 0.05) is 22.4 Å². The molecule has 0 saturated heterocycles. The Morgan fingerprint density at radius 2 is 1.88 bits per heavy atom. The van der Waals surface area contributed by atoms with Crippen LogP contribution in [0.15, 0.2) is 23.1 Å². The van der Waals surface area contributed by atoms with Crippen molar-refractivity contribution in [1.82, 2.24) is 0 Å². The highest BCUT2D eigenvalue weighted by molar-refractivity contribution is 7.99. The Morgan fingerprint density at radius 1 is 1.19 bits per heavy atom. The predicted molar refractivity (Wildman–Crippen MR) is 72.2 cm³/mol. The third kappa shape index (κ3) is 4.79. The zero-order chi connectivity index (χ0) is 12.1. The Hall–Kier alpha value is -0.830. The van der Waals surface area contributed by atoms with Crippen LogP contribution < -0.4 is 10.5 Å². The molecule has 0 saturated carbocycles. The molecule has 0 radical (unpaired) electrons. The van der Waals surface area contributed by atoms with Crippen LogP contribution in [0, 0.1) is 5.92 Å². The van der Waals surface area contributed by atoms with Crippen molar-refractivity contribution < 1.29 is 4.74 Å². The summed E-state index contributed by atoms with van der Waals surface area (Å²) in [7, 11) is 0. The summed E-state index contributed by atoms with van der Waals surface area (Å²) in [6.45, 7) is 8.46. The van der Waals surface area contributed by atoms with E-state index in [9.17, 15) is 0 Å². The highest BCUT2D eigenvalue weighted by Crippen LogP contribution is 2.28. The van der Waals surface area contributed by atoms with E-state index in [0.717, 1.165) is 17.2 Å². The Bertz CT molecular complexity index is 337. The fourth-order valence-electron chi connectivity index (χ4n) is 1.28. The summed E-state index contributed by atoms with van der Waals surface area (Å²) in [6, 6.07) is 5.93. The lowest BCUT2D eigenvalue weighted by Crippen LogP contribution is -2.06. The molecular formula is C13H21NOS. The smallest absolute Gasteiger partial charge is 0.122 e. The van der Waals surface area contributed by atoms with Crippen LogP contribution in [0.1, 0.15) is 27.7 Å². The van der Waals surface area contributed by atoms with E-state index in [0.29, 0.717) is 5.92 Å². The molecule has 2 nitrogen and oxygen atoms in total. The first kappa shape index (κ1) is 13.2. The standard InChI is InChI=1S/C13H21NOS/c1-9(2)8-16-13-6-11(14)5-12(7-13)15-10(3)4/h5-7,9-10H,8,14H2,1-4H3. The van der Waals surface area contributed by atoms with Crippen LogP contribution in [0.25, 0.3) is 0 Å². The Morgan fingerprint density at radius 3 is 2.44 bits per heavy atom. The fourth-order valence-corrected chi connectivity index (χ4v) is 2.22. The first-order chi connectivity index (χ1) is 7.47. The maximum atomic E-state index is 5.85. The van der Waals surface area contributed by atoms with Crippen LogP contribution >= 0.6 is 11.8 Å². The molecule has 0 heterocycles. The summed E-state index contributed by atoms with van der Waals surface area (Å²) in [5.74, 6) is 2.65. The molecule has 0 atom stereocenters. The van der Waals surface area contributed by atoms with E-state index in [2.05, 4.69) is 19.9 Å². The number of anilines is 1. The van der Waals surface area contributed by atoms with Crippen molar-refractivity contribution in [1.29, 1.82) is 0 Å². The van der Waals surface area contributed by atoms with Gasteiger partial charge in [0.05, 0.1) is 6.10 Å². The Labute approximate surface area is 103 Å². The van der Waals surface area contributed by atoms with Gasteiger partial charge in [-0.3, -0.25) is 0 Å². The number of rotatable bonds is 5. The predicted octanol–water partition coefficient (Wildman–Crippen LogP) is 3.80. The van der Waals surface area contributed by atoms with Gasteiger partial charge in [0.25, 0.3) is 0 Å². The highest BCUT2D eigenvalue weighted by Gasteiger charge is 2.03. The van der Waals surface area contributed by atoms with Crippen LogP contribution in [0.4, 0.5) is 5.69 Å². The average Bonchev–Trinajstić information content (AvgIpc) is 2.12. The number of hydrogen-bond donors (Lipinski definition) is 1. The van der Waals surface area contributed by atoms with Crippen molar-refractivity contribution in [2.45, 2.75) is 38.7 Å². The van der Waals surface area contributed by atoms with Crippen LogP contribution in [-0.2, 0) is 0 Å². The molecule has 0 aliphatic carbocycles. The molecule has 0 aliphatic rings. The third-order valence-corrected chi connectivity index (χ3v) is 3.26. The first-order valence-electron chi connectivity index (χ1n) is 5.67. The van der Waals surface area contributed by atoms with Gasteiger partial charge in [0.2, 0.25) is 0 Å². The summed E-state index contributed by atoms with van der Waals surface area (Å²) >= 11 is 1.82. The van der Waals surface area contributed by atoms with Gasteiger partial charge in [-0.25, -0.2) is 0 Å². The van der Waals surface area contributed by atoms with E-state index in [1.54, 1.807) is 0 Å². The molecule has 2 N–H and O–H groups in total. The molecule has 90 valence electrons. The zero-order valence-corrected chi connectivity index (χ0v) is 11.3. The van der Waals surface area contributed by atoms with Crippen molar-refractivity contribution >= 4 is 17.4 Å². The van der Waals surface area contributed by atoms with Crippen molar-refractivity contribution in [2.75, 3.05) is 11.5 Å². The number of hydrogen-bond acceptors (Lipinski definition) is 3. The van der Waals surface area contributed by atoms with Crippen molar-refractivity contribution in [3.05, 3.63) is 18.2 Å². The quantitative estimate of drug-likeness (QED) is 0.627. The Kier molecular flexibility index (Phi) is 5.00. The highest BCUT2D eigenvalue weighted by atomic mass is 32.2. The monoisotopic (exact) mass is 239 g/mol. The lowest BCUT2D eigenvalue weighted by atomic mass is 10.3. The minimum atomic E-state index is 0.185. The van der Waals surface area contributed by atoms with Crippen molar-refractivity contribution in [3.63, 3.8) is 0 Å². The number of benzene rings is 1. The van der Waals surface area contributed by atoms with Gasteiger partial charge in [-0.15, -0.1) is 11.8 Å². The van der Waals surface area contributed by atoms with Gasteiger partial charge in [0.15, 0.2) is 0 Å². The van der Waals surface area contributed by atoms with Crippen LogP contribution in [-0.4, -0.2) is 11.9 Å². The molecule has 0 amide bonds. The lowest BCUT2D eigenvalue weighted by Gasteiger charge is -2.12. The molecule has 1 aromatic carbocycles. The average molecular weight is 239 g/mol. The molecule has 1 aromatic rings. The molecule has 0 bridgehead atoms. The van der Waals surface area contributed by atoms with Gasteiger partial charge >= 0.3 is 0 Å². The number of thioether (sulfide) groups is 1. The van der Waals surface area contributed by atoms with Crippen LogP contribution in [0.5, 0.6) is 5.75 Å². The second-order valence-corrected chi connectivity index (χ2v) is 5.70. The summed E-state index contributed by atoms with van der Waals surface area (Å²) in [5.41, 5.74) is 6.62. The zero-order valence-electron chi connectivity index (χ0n) is 10.5. The maximum Gasteiger partial charge on any atom is 0.122 e. The van der Waals surface area contributed by atoms with Gasteiger partial charge < -0.3 is 10.5 Å². The lowest BCUT2D eigenvalue weighted by molar-refractivity contribution is 0.242. The van der Waals surface area contributed by atoms with Gasteiger partial charge in [0.1, 0.15) is 5.75 Å². The largest absolute Gasteiger partial charge is 0.491 e. The van der Waals surface area contributed by atoms with Gasteiger partial charge in [-0.2, -0.15) is 0 Å². The number of nitrogens with two attached hydrogens (primary N) is 1. The van der Waals surface area contributed by atoms with Gasteiger partial charge in [-0.1, -0.05) is 13.8 Å². The molecule has 1 rings (SSSR count). The SMILES string of the molecule is CC(C)CSc1cc(N)cc(OC(C)C)c1. The second-order valence-electron chi connectivity index (χ2n) is 4.61. The summed E-state index contributed by atoms with van der Waals surface area (Å²) < 4.78 is 5.65. The Balaban J connectivity index is 2.73. The molecule has 3 heteroatoms. The van der Waals surface area contributed by atoms with E-state index < -0.39 is 0 Å². The van der Waals surface area contributed by atoms with E-state index in [4.69, 9.17) is 10.5 Å². The molecule has 0 unspecified atom stereocenters. The fraction of sp³-hybridized carbons (Fsp3) is 0.538. The minimum absolute atomic E-state index is 0.185. The second kappa shape index (κ2) is 6.04. The van der Waals surface area contributed by atoms with Crippen LogP contribution in [0.2, 0.25) is 0 Å². The van der Waals surface area contributed by atoms with E-state index in [-0.39, 0.29) is 6.10 Å².